The lowest BCUT2D eigenvalue weighted by atomic mass is 10.0. The summed E-state index contributed by atoms with van der Waals surface area (Å²) >= 11 is 0. The van der Waals surface area contributed by atoms with Crippen LogP contribution in [-0.2, 0) is 6.54 Å². The lowest BCUT2D eigenvalue weighted by Gasteiger charge is -2.02. The second kappa shape index (κ2) is 7.74. The van der Waals surface area contributed by atoms with Crippen molar-refractivity contribution in [2.75, 3.05) is 0 Å². The number of hydrogen-bond acceptors (Lipinski definition) is 3. The molecular weight excluding hydrogens is 212 g/mol. The summed E-state index contributed by atoms with van der Waals surface area (Å²) < 4.78 is 0. The van der Waals surface area contributed by atoms with Crippen LogP contribution in [0.3, 0.4) is 0 Å². The van der Waals surface area contributed by atoms with Gasteiger partial charge in [0.2, 0.25) is 0 Å². The molecule has 0 aliphatic heterocycles. The van der Waals surface area contributed by atoms with E-state index in [0.29, 0.717) is 13.0 Å². The molecule has 1 rings (SSSR count). The molecule has 92 valence electrons. The molecule has 0 fully saturated rings. The number of rotatable bonds is 8. The third kappa shape index (κ3) is 4.91. The maximum Gasteiger partial charge on any atom is 0.162 e. The Kier molecular flexibility index (Phi) is 6.18. The van der Waals surface area contributed by atoms with Crippen molar-refractivity contribution in [1.29, 1.82) is 0 Å². The number of ketones is 1. The van der Waals surface area contributed by atoms with Crippen LogP contribution in [0.5, 0.6) is 0 Å². The van der Waals surface area contributed by atoms with Gasteiger partial charge in [-0.3, -0.25) is 9.78 Å². The number of Topliss-reactive ketones (excluding diaryl/α,β-unsaturated/α-hetero) is 1. The molecule has 0 aliphatic carbocycles. The minimum atomic E-state index is 0.181. The molecule has 3 nitrogen and oxygen atoms in total. The zero-order valence-electron chi connectivity index (χ0n) is 10.2. The molecule has 1 heterocycles. The van der Waals surface area contributed by atoms with E-state index in [2.05, 4.69) is 11.6 Å². The fourth-order valence-electron chi connectivity index (χ4n) is 1.66. The Morgan fingerprint density at radius 3 is 2.94 bits per heavy atom. The van der Waals surface area contributed by atoms with Crippen molar-refractivity contribution in [3.8, 4) is 0 Å². The van der Waals surface area contributed by atoms with E-state index < -0.39 is 0 Å². The molecule has 0 amide bonds. The van der Waals surface area contributed by atoms with E-state index in [4.69, 9.17) is 5.73 Å². The summed E-state index contributed by atoms with van der Waals surface area (Å²) in [6, 6.07) is 3.54. The van der Waals surface area contributed by atoms with Crippen molar-refractivity contribution in [2.24, 2.45) is 5.73 Å². The van der Waals surface area contributed by atoms with Crippen LogP contribution in [0.2, 0.25) is 0 Å². The Hall–Kier alpha value is -1.48. The number of nitrogens with two attached hydrogens (primary N) is 1. The molecule has 0 spiro atoms. The number of nitrogens with zero attached hydrogens (tertiary/aromatic N) is 1. The van der Waals surface area contributed by atoms with E-state index in [1.807, 2.05) is 6.08 Å². The van der Waals surface area contributed by atoms with Gasteiger partial charge < -0.3 is 5.73 Å². The number of aromatic nitrogens is 1. The first-order valence-corrected chi connectivity index (χ1v) is 6.07. The van der Waals surface area contributed by atoms with Crippen LogP contribution in [0.25, 0.3) is 0 Å². The summed E-state index contributed by atoms with van der Waals surface area (Å²) in [7, 11) is 0. The Bertz CT molecular complexity index is 374. The Morgan fingerprint density at radius 1 is 1.41 bits per heavy atom. The van der Waals surface area contributed by atoms with E-state index in [-0.39, 0.29) is 5.78 Å². The number of pyridine rings is 1. The average molecular weight is 232 g/mol. The Labute approximate surface area is 103 Å². The van der Waals surface area contributed by atoms with E-state index >= 15 is 0 Å². The van der Waals surface area contributed by atoms with Gasteiger partial charge in [-0.1, -0.05) is 12.5 Å². The fourth-order valence-corrected chi connectivity index (χ4v) is 1.66. The first kappa shape index (κ1) is 13.6. The summed E-state index contributed by atoms with van der Waals surface area (Å²) in [4.78, 5) is 15.9. The zero-order chi connectivity index (χ0) is 12.5. The van der Waals surface area contributed by atoms with Crippen molar-refractivity contribution in [2.45, 2.75) is 38.6 Å². The molecule has 0 radical (unpaired) electrons. The van der Waals surface area contributed by atoms with E-state index in [9.17, 15) is 4.79 Å². The van der Waals surface area contributed by atoms with Crippen LogP contribution in [-0.4, -0.2) is 10.8 Å². The third-order valence-electron chi connectivity index (χ3n) is 2.66. The van der Waals surface area contributed by atoms with Crippen LogP contribution in [0, 0.1) is 0 Å². The van der Waals surface area contributed by atoms with Crippen LogP contribution in [0.1, 0.15) is 48.2 Å². The molecule has 0 unspecified atom stereocenters. The Morgan fingerprint density at radius 2 is 2.24 bits per heavy atom. The van der Waals surface area contributed by atoms with Gasteiger partial charge in [0.1, 0.15) is 0 Å². The van der Waals surface area contributed by atoms with Gasteiger partial charge in [-0.05, 0) is 31.4 Å². The van der Waals surface area contributed by atoms with Gasteiger partial charge in [0.05, 0.1) is 5.69 Å². The fraction of sp³-hybridized carbons (Fsp3) is 0.429. The highest BCUT2D eigenvalue weighted by Gasteiger charge is 2.06. The smallest absolute Gasteiger partial charge is 0.162 e. The van der Waals surface area contributed by atoms with E-state index in [1.54, 1.807) is 18.3 Å². The van der Waals surface area contributed by atoms with Gasteiger partial charge >= 0.3 is 0 Å². The lowest BCUT2D eigenvalue weighted by Crippen LogP contribution is -2.04. The van der Waals surface area contributed by atoms with Crippen molar-refractivity contribution >= 4 is 5.78 Å². The number of carbonyl (C=O) groups excluding carboxylic acids is 1. The minimum Gasteiger partial charge on any atom is -0.325 e. The quantitative estimate of drug-likeness (QED) is 0.426. The van der Waals surface area contributed by atoms with Gasteiger partial charge in [0.25, 0.3) is 0 Å². The van der Waals surface area contributed by atoms with Gasteiger partial charge in [0.15, 0.2) is 5.78 Å². The molecule has 0 saturated carbocycles. The molecule has 17 heavy (non-hydrogen) atoms. The summed E-state index contributed by atoms with van der Waals surface area (Å²) in [6.45, 7) is 4.05. The van der Waals surface area contributed by atoms with Crippen molar-refractivity contribution in [3.05, 3.63) is 42.2 Å². The van der Waals surface area contributed by atoms with Crippen LogP contribution in [0.4, 0.5) is 0 Å². The number of carbonyl (C=O) groups is 1. The zero-order valence-corrected chi connectivity index (χ0v) is 10.2. The average Bonchev–Trinajstić information content (AvgIpc) is 2.38. The number of allylic oxidation sites excluding steroid dienone is 1. The number of hydrogen-bond donors (Lipinski definition) is 1. The van der Waals surface area contributed by atoms with Crippen LogP contribution < -0.4 is 5.73 Å². The summed E-state index contributed by atoms with van der Waals surface area (Å²) in [5, 5.41) is 0. The SMILES string of the molecule is C=CCCCCCC(=O)c1ccnc(CN)c1. The third-order valence-corrected chi connectivity index (χ3v) is 2.66. The van der Waals surface area contributed by atoms with Gasteiger partial charge in [-0.2, -0.15) is 0 Å². The molecule has 0 atom stereocenters. The molecule has 1 aromatic rings. The van der Waals surface area contributed by atoms with Crippen molar-refractivity contribution < 1.29 is 4.79 Å². The van der Waals surface area contributed by atoms with E-state index in [0.717, 1.165) is 36.9 Å². The summed E-state index contributed by atoms with van der Waals surface area (Å²) in [6.07, 6.45) is 8.32. The molecule has 0 aliphatic rings. The highest BCUT2D eigenvalue weighted by Crippen LogP contribution is 2.10. The minimum absolute atomic E-state index is 0.181. The lowest BCUT2D eigenvalue weighted by molar-refractivity contribution is 0.0979. The van der Waals surface area contributed by atoms with Gasteiger partial charge in [-0.15, -0.1) is 6.58 Å². The van der Waals surface area contributed by atoms with Gasteiger partial charge in [-0.25, -0.2) is 0 Å². The largest absolute Gasteiger partial charge is 0.325 e. The van der Waals surface area contributed by atoms with Crippen LogP contribution >= 0.6 is 0 Å². The second-order valence-electron chi connectivity index (χ2n) is 4.05. The molecule has 0 aromatic carbocycles. The maximum absolute atomic E-state index is 11.9. The summed E-state index contributed by atoms with van der Waals surface area (Å²) in [5.74, 6) is 0.181. The molecule has 2 N–H and O–H groups in total. The topological polar surface area (TPSA) is 56.0 Å². The highest BCUT2D eigenvalue weighted by molar-refractivity contribution is 5.96. The second-order valence-corrected chi connectivity index (χ2v) is 4.05. The normalized spacial score (nSPS) is 10.2. The first-order chi connectivity index (χ1) is 8.27. The van der Waals surface area contributed by atoms with Crippen LogP contribution in [0.15, 0.2) is 31.0 Å². The summed E-state index contributed by atoms with van der Waals surface area (Å²) in [5.41, 5.74) is 6.98. The first-order valence-electron chi connectivity index (χ1n) is 6.07. The number of unbranched alkanes of at least 4 members (excludes halogenated alkanes) is 3. The maximum atomic E-state index is 11.9. The van der Waals surface area contributed by atoms with Gasteiger partial charge in [0, 0.05) is 24.7 Å². The Balaban J connectivity index is 2.38. The monoisotopic (exact) mass is 232 g/mol. The predicted octanol–water partition coefficient (Wildman–Crippen LogP) is 2.86. The van der Waals surface area contributed by atoms with Crippen molar-refractivity contribution in [1.82, 2.24) is 4.98 Å². The molecule has 0 bridgehead atoms. The standard InChI is InChI=1S/C14H20N2O/c1-2-3-4-5-6-7-14(17)12-8-9-16-13(10-12)11-15/h2,8-10H,1,3-7,11,15H2. The molecule has 0 saturated heterocycles. The molecule has 1 aromatic heterocycles. The van der Waals surface area contributed by atoms with Crippen molar-refractivity contribution in [3.63, 3.8) is 0 Å². The van der Waals surface area contributed by atoms with E-state index in [1.165, 1.54) is 0 Å². The predicted molar refractivity (Wildman–Crippen MR) is 69.7 cm³/mol. The highest BCUT2D eigenvalue weighted by atomic mass is 16.1. The molecular formula is C14H20N2O. The molecule has 3 heteroatoms.